The maximum atomic E-state index is 11.7. The number of amides is 1. The number of carbonyl (C=O) groups is 2. The van der Waals surface area contributed by atoms with Crippen LogP contribution < -0.4 is 5.32 Å². The fourth-order valence-corrected chi connectivity index (χ4v) is 1.76. The number of aromatic amines is 1. The van der Waals surface area contributed by atoms with Crippen molar-refractivity contribution in [1.82, 2.24) is 15.3 Å². The Labute approximate surface area is 110 Å². The molecular weight excluding hydrogens is 274 g/mol. The minimum Gasteiger partial charge on any atom is -0.480 e. The van der Waals surface area contributed by atoms with Crippen LogP contribution in [0.2, 0.25) is 0 Å². The van der Waals surface area contributed by atoms with Crippen LogP contribution in [-0.4, -0.2) is 52.9 Å². The van der Waals surface area contributed by atoms with Gasteiger partial charge in [-0.3, -0.25) is 4.79 Å². The first-order valence-electron chi connectivity index (χ1n) is 5.41. The van der Waals surface area contributed by atoms with Crippen molar-refractivity contribution in [3.05, 3.63) is 18.2 Å². The SMILES string of the molecule is CC(C(=O)N[C@H](Cc1cnc[nH]1)C(=O)O)S(C)(=O)=O. The van der Waals surface area contributed by atoms with Gasteiger partial charge in [-0.2, -0.15) is 0 Å². The van der Waals surface area contributed by atoms with E-state index < -0.39 is 33.0 Å². The number of hydrogen-bond acceptors (Lipinski definition) is 5. The number of aromatic nitrogens is 2. The van der Waals surface area contributed by atoms with Gasteiger partial charge in [0.1, 0.15) is 11.3 Å². The predicted molar refractivity (Wildman–Crippen MR) is 66.2 cm³/mol. The lowest BCUT2D eigenvalue weighted by atomic mass is 10.1. The lowest BCUT2D eigenvalue weighted by molar-refractivity contribution is -0.141. The van der Waals surface area contributed by atoms with Gasteiger partial charge in [0, 0.05) is 24.6 Å². The maximum absolute atomic E-state index is 11.7. The van der Waals surface area contributed by atoms with Crippen LogP contribution in [0.1, 0.15) is 12.6 Å². The van der Waals surface area contributed by atoms with Gasteiger partial charge in [0.25, 0.3) is 0 Å². The van der Waals surface area contributed by atoms with Crippen molar-refractivity contribution in [1.29, 1.82) is 0 Å². The summed E-state index contributed by atoms with van der Waals surface area (Å²) >= 11 is 0. The molecule has 0 bridgehead atoms. The monoisotopic (exact) mass is 289 g/mol. The standard InChI is InChI=1S/C10H15N3O5S/c1-6(19(2,17)18)9(14)13-8(10(15)16)3-7-4-11-5-12-7/h4-6,8H,3H2,1-2H3,(H,11,12)(H,13,14)(H,15,16)/t6?,8-/m1/s1. The van der Waals surface area contributed by atoms with Crippen LogP contribution in [0.15, 0.2) is 12.5 Å². The van der Waals surface area contributed by atoms with E-state index in [0.29, 0.717) is 5.69 Å². The number of rotatable bonds is 6. The third-order valence-electron chi connectivity index (χ3n) is 2.60. The van der Waals surface area contributed by atoms with Crippen molar-refractivity contribution in [2.45, 2.75) is 24.6 Å². The third-order valence-corrected chi connectivity index (χ3v) is 4.10. The van der Waals surface area contributed by atoms with Gasteiger partial charge in [0.05, 0.1) is 6.33 Å². The second kappa shape index (κ2) is 5.83. The minimum absolute atomic E-state index is 0.00243. The molecule has 9 heteroatoms. The molecule has 1 rings (SSSR count). The number of nitrogens with one attached hydrogen (secondary N) is 2. The van der Waals surface area contributed by atoms with Crippen LogP contribution in [-0.2, 0) is 25.8 Å². The van der Waals surface area contributed by atoms with Crippen LogP contribution in [0.5, 0.6) is 0 Å². The first kappa shape index (κ1) is 15.2. The maximum Gasteiger partial charge on any atom is 0.326 e. The average molecular weight is 289 g/mol. The third kappa shape index (κ3) is 4.36. The van der Waals surface area contributed by atoms with Gasteiger partial charge in [-0.05, 0) is 6.92 Å². The Balaban J connectivity index is 2.74. The fraction of sp³-hybridized carbons (Fsp3) is 0.500. The van der Waals surface area contributed by atoms with E-state index in [9.17, 15) is 18.0 Å². The van der Waals surface area contributed by atoms with Gasteiger partial charge in [-0.1, -0.05) is 0 Å². The molecule has 8 nitrogen and oxygen atoms in total. The zero-order valence-corrected chi connectivity index (χ0v) is 11.3. The minimum atomic E-state index is -3.56. The molecular formula is C10H15N3O5S. The molecule has 0 radical (unpaired) electrons. The molecule has 1 aromatic rings. The zero-order valence-electron chi connectivity index (χ0n) is 10.5. The molecule has 1 amide bonds. The smallest absolute Gasteiger partial charge is 0.326 e. The number of sulfone groups is 1. The number of carbonyl (C=O) groups excluding carboxylic acids is 1. The highest BCUT2D eigenvalue weighted by Crippen LogP contribution is 2.02. The predicted octanol–water partition coefficient (Wildman–Crippen LogP) is -1.05. The van der Waals surface area contributed by atoms with E-state index in [1.807, 2.05) is 0 Å². The number of carboxylic acid groups (broad SMARTS) is 1. The summed E-state index contributed by atoms with van der Waals surface area (Å²) in [5, 5.41) is 9.91. The second-order valence-corrected chi connectivity index (χ2v) is 6.52. The quantitative estimate of drug-likeness (QED) is 0.613. The molecule has 0 aliphatic rings. The molecule has 0 aromatic carbocycles. The molecule has 19 heavy (non-hydrogen) atoms. The molecule has 106 valence electrons. The van der Waals surface area contributed by atoms with Gasteiger partial charge >= 0.3 is 5.97 Å². The van der Waals surface area contributed by atoms with Crippen LogP contribution in [0.4, 0.5) is 0 Å². The van der Waals surface area contributed by atoms with Crippen molar-refractivity contribution in [3.63, 3.8) is 0 Å². The summed E-state index contributed by atoms with van der Waals surface area (Å²) in [5.41, 5.74) is 0.528. The number of aliphatic carboxylic acids is 1. The van der Waals surface area contributed by atoms with Crippen LogP contribution >= 0.6 is 0 Å². The van der Waals surface area contributed by atoms with Gasteiger partial charge in [0.15, 0.2) is 9.84 Å². The number of imidazole rings is 1. The molecule has 1 heterocycles. The number of carboxylic acids is 1. The molecule has 0 fully saturated rings. The van der Waals surface area contributed by atoms with Gasteiger partial charge in [-0.25, -0.2) is 18.2 Å². The van der Waals surface area contributed by atoms with Crippen molar-refractivity contribution in [2.75, 3.05) is 6.26 Å². The number of hydrogen-bond donors (Lipinski definition) is 3. The van der Waals surface area contributed by atoms with Gasteiger partial charge in [-0.15, -0.1) is 0 Å². The topological polar surface area (TPSA) is 129 Å². The molecule has 1 unspecified atom stereocenters. The second-order valence-electron chi connectivity index (χ2n) is 4.15. The summed E-state index contributed by atoms with van der Waals surface area (Å²) in [6.45, 7) is 1.21. The molecule has 0 spiro atoms. The van der Waals surface area contributed by atoms with Crippen LogP contribution in [0.25, 0.3) is 0 Å². The highest BCUT2D eigenvalue weighted by Gasteiger charge is 2.28. The number of nitrogens with zero attached hydrogens (tertiary/aromatic N) is 1. The Kier molecular flexibility index (Phi) is 4.65. The van der Waals surface area contributed by atoms with E-state index in [1.54, 1.807) is 0 Å². The van der Waals surface area contributed by atoms with E-state index in [0.717, 1.165) is 6.26 Å². The van der Waals surface area contributed by atoms with E-state index in [4.69, 9.17) is 5.11 Å². The van der Waals surface area contributed by atoms with Crippen molar-refractivity contribution < 1.29 is 23.1 Å². The molecule has 0 saturated carbocycles. The highest BCUT2D eigenvalue weighted by atomic mass is 32.2. The van der Waals surface area contributed by atoms with Crippen molar-refractivity contribution >= 4 is 21.7 Å². The van der Waals surface area contributed by atoms with E-state index in [-0.39, 0.29) is 6.42 Å². The Morgan fingerprint density at radius 1 is 1.53 bits per heavy atom. The first-order chi connectivity index (χ1) is 8.71. The lowest BCUT2D eigenvalue weighted by Crippen LogP contribution is -2.47. The van der Waals surface area contributed by atoms with Crippen LogP contribution in [0, 0.1) is 0 Å². The summed E-state index contributed by atoms with van der Waals surface area (Å²) in [5.74, 6) is -2.09. The Bertz CT molecular complexity index is 552. The average Bonchev–Trinajstić information content (AvgIpc) is 2.78. The molecule has 0 saturated heterocycles. The molecule has 2 atom stereocenters. The fourth-order valence-electron chi connectivity index (χ4n) is 1.30. The van der Waals surface area contributed by atoms with Gasteiger partial charge < -0.3 is 15.4 Å². The number of H-pyrrole nitrogens is 1. The summed E-state index contributed by atoms with van der Waals surface area (Å²) < 4.78 is 22.4. The summed E-state index contributed by atoms with van der Waals surface area (Å²) in [6.07, 6.45) is 3.73. The summed E-state index contributed by atoms with van der Waals surface area (Å²) in [4.78, 5) is 29.1. The summed E-state index contributed by atoms with van der Waals surface area (Å²) in [7, 11) is -3.56. The first-order valence-corrected chi connectivity index (χ1v) is 7.36. The molecule has 3 N–H and O–H groups in total. The Hall–Kier alpha value is -1.90. The van der Waals surface area contributed by atoms with Gasteiger partial charge in [0.2, 0.25) is 5.91 Å². The lowest BCUT2D eigenvalue weighted by Gasteiger charge is -2.16. The van der Waals surface area contributed by atoms with E-state index >= 15 is 0 Å². The van der Waals surface area contributed by atoms with Crippen molar-refractivity contribution in [3.8, 4) is 0 Å². The van der Waals surface area contributed by atoms with Crippen molar-refractivity contribution in [2.24, 2.45) is 0 Å². The molecule has 1 aromatic heterocycles. The largest absolute Gasteiger partial charge is 0.480 e. The Morgan fingerprint density at radius 3 is 2.58 bits per heavy atom. The van der Waals surface area contributed by atoms with E-state index in [2.05, 4.69) is 15.3 Å². The zero-order chi connectivity index (χ0) is 14.6. The molecule has 0 aliphatic heterocycles. The van der Waals surface area contributed by atoms with Crippen LogP contribution in [0.3, 0.4) is 0 Å². The highest BCUT2D eigenvalue weighted by molar-refractivity contribution is 7.92. The Morgan fingerprint density at radius 2 is 2.16 bits per heavy atom. The summed E-state index contributed by atoms with van der Waals surface area (Å²) in [6, 6.07) is -1.21. The molecule has 0 aliphatic carbocycles. The normalized spacial score (nSPS) is 14.6. The van der Waals surface area contributed by atoms with E-state index in [1.165, 1.54) is 19.4 Å².